The average molecular weight is 293 g/mol. The Morgan fingerprint density at radius 2 is 1.90 bits per heavy atom. The molecular formula is C16H27N3O2. The molecule has 0 aromatic carbocycles. The van der Waals surface area contributed by atoms with Gasteiger partial charge in [0.15, 0.2) is 5.82 Å². The molecule has 0 radical (unpaired) electrons. The third-order valence-electron chi connectivity index (χ3n) is 5.18. The van der Waals surface area contributed by atoms with Crippen molar-refractivity contribution in [2.75, 3.05) is 6.54 Å². The van der Waals surface area contributed by atoms with Gasteiger partial charge in [-0.1, -0.05) is 25.9 Å². The number of hydrogen-bond donors (Lipinski definition) is 2. The van der Waals surface area contributed by atoms with E-state index in [-0.39, 0.29) is 12.1 Å². The number of aromatic nitrogens is 2. The third kappa shape index (κ3) is 3.29. The van der Waals surface area contributed by atoms with Crippen molar-refractivity contribution >= 4 is 0 Å². The molecule has 0 amide bonds. The van der Waals surface area contributed by atoms with E-state index in [0.717, 1.165) is 24.6 Å². The lowest BCUT2D eigenvalue weighted by Gasteiger charge is -2.36. The monoisotopic (exact) mass is 293 g/mol. The molecule has 2 aliphatic rings. The van der Waals surface area contributed by atoms with Gasteiger partial charge in [-0.05, 0) is 43.4 Å². The zero-order valence-corrected chi connectivity index (χ0v) is 13.3. The van der Waals surface area contributed by atoms with Gasteiger partial charge >= 0.3 is 0 Å². The van der Waals surface area contributed by atoms with E-state index >= 15 is 0 Å². The van der Waals surface area contributed by atoms with Crippen LogP contribution in [0.1, 0.15) is 76.6 Å². The summed E-state index contributed by atoms with van der Waals surface area (Å²) in [4.78, 5) is 4.59. The van der Waals surface area contributed by atoms with Crippen molar-refractivity contribution in [3.8, 4) is 0 Å². The van der Waals surface area contributed by atoms with Crippen LogP contribution in [0.25, 0.3) is 0 Å². The molecule has 1 saturated carbocycles. The highest BCUT2D eigenvalue weighted by atomic mass is 16.5. The summed E-state index contributed by atoms with van der Waals surface area (Å²) in [6.07, 6.45) is 5.17. The minimum Gasteiger partial charge on any atom is -0.392 e. The van der Waals surface area contributed by atoms with Crippen LogP contribution in [0.4, 0.5) is 0 Å². The van der Waals surface area contributed by atoms with E-state index in [2.05, 4.69) is 36.2 Å². The fourth-order valence-corrected chi connectivity index (χ4v) is 3.68. The first-order valence-electron chi connectivity index (χ1n) is 8.18. The Kier molecular flexibility index (Phi) is 4.06. The van der Waals surface area contributed by atoms with E-state index in [4.69, 9.17) is 4.52 Å². The summed E-state index contributed by atoms with van der Waals surface area (Å²) in [7, 11) is 0. The number of nitrogens with zero attached hydrogens (tertiary/aromatic N) is 2. The Bertz CT molecular complexity index is 472. The third-order valence-corrected chi connectivity index (χ3v) is 5.18. The SMILES string of the molecule is CC(C)(C)C1CCC(c2noc(C3CC(O)CN3)n2)CC1. The van der Waals surface area contributed by atoms with Gasteiger partial charge in [0.2, 0.25) is 5.89 Å². The molecule has 0 bridgehead atoms. The molecule has 2 atom stereocenters. The van der Waals surface area contributed by atoms with Gasteiger partial charge in [0.1, 0.15) is 0 Å². The van der Waals surface area contributed by atoms with Gasteiger partial charge in [-0.2, -0.15) is 4.98 Å². The Morgan fingerprint density at radius 1 is 1.19 bits per heavy atom. The number of aliphatic hydroxyl groups is 1. The first-order valence-corrected chi connectivity index (χ1v) is 8.18. The summed E-state index contributed by atoms with van der Waals surface area (Å²) >= 11 is 0. The smallest absolute Gasteiger partial charge is 0.243 e. The second kappa shape index (κ2) is 5.69. The van der Waals surface area contributed by atoms with E-state index in [1.165, 1.54) is 12.8 Å². The largest absolute Gasteiger partial charge is 0.392 e. The van der Waals surface area contributed by atoms with E-state index in [0.29, 0.717) is 30.2 Å². The molecule has 1 saturated heterocycles. The van der Waals surface area contributed by atoms with Crippen LogP contribution in [0.5, 0.6) is 0 Å². The molecular weight excluding hydrogens is 266 g/mol. The Labute approximate surface area is 126 Å². The highest BCUT2D eigenvalue weighted by molar-refractivity contribution is 5.02. The number of nitrogens with one attached hydrogen (secondary N) is 1. The maximum absolute atomic E-state index is 9.57. The Hall–Kier alpha value is -0.940. The molecule has 1 aromatic rings. The molecule has 0 spiro atoms. The molecule has 1 aliphatic heterocycles. The van der Waals surface area contributed by atoms with Gasteiger partial charge in [0, 0.05) is 12.5 Å². The topological polar surface area (TPSA) is 71.2 Å². The quantitative estimate of drug-likeness (QED) is 0.877. The van der Waals surface area contributed by atoms with Crippen LogP contribution in [0, 0.1) is 11.3 Å². The van der Waals surface area contributed by atoms with Gasteiger partial charge in [0.05, 0.1) is 12.1 Å². The van der Waals surface area contributed by atoms with Gasteiger partial charge in [-0.15, -0.1) is 0 Å². The van der Waals surface area contributed by atoms with Crippen LogP contribution in [0.3, 0.4) is 0 Å². The summed E-state index contributed by atoms with van der Waals surface area (Å²) < 4.78 is 5.41. The van der Waals surface area contributed by atoms with Crippen molar-refractivity contribution in [3.63, 3.8) is 0 Å². The standard InChI is InChI=1S/C16H27N3O2/c1-16(2,3)11-6-4-10(5-7-11)14-18-15(21-19-14)13-8-12(20)9-17-13/h10-13,17,20H,4-9H2,1-3H3. The van der Waals surface area contributed by atoms with Crippen molar-refractivity contribution in [2.45, 2.75) is 70.9 Å². The molecule has 118 valence electrons. The highest BCUT2D eigenvalue weighted by Crippen LogP contribution is 2.42. The molecule has 2 unspecified atom stereocenters. The van der Waals surface area contributed by atoms with Crippen LogP contribution in [-0.2, 0) is 0 Å². The lowest BCUT2D eigenvalue weighted by Crippen LogP contribution is -2.25. The zero-order valence-electron chi connectivity index (χ0n) is 13.3. The van der Waals surface area contributed by atoms with Crippen LogP contribution < -0.4 is 5.32 Å². The first kappa shape index (κ1) is 15.0. The number of aliphatic hydroxyl groups excluding tert-OH is 1. The van der Waals surface area contributed by atoms with Crippen LogP contribution in [0.15, 0.2) is 4.52 Å². The molecule has 3 rings (SSSR count). The zero-order chi connectivity index (χ0) is 15.0. The first-order chi connectivity index (χ1) is 9.93. The van der Waals surface area contributed by atoms with E-state index < -0.39 is 0 Å². The maximum atomic E-state index is 9.57. The fraction of sp³-hybridized carbons (Fsp3) is 0.875. The average Bonchev–Trinajstić information content (AvgIpc) is 3.06. The number of rotatable bonds is 2. The van der Waals surface area contributed by atoms with Gasteiger partial charge in [0.25, 0.3) is 0 Å². The second-order valence-electron chi connectivity index (χ2n) is 7.76. The maximum Gasteiger partial charge on any atom is 0.243 e. The molecule has 1 aromatic heterocycles. The van der Waals surface area contributed by atoms with Crippen molar-refractivity contribution in [2.24, 2.45) is 11.3 Å². The predicted molar refractivity (Wildman–Crippen MR) is 79.8 cm³/mol. The normalized spacial score (nSPS) is 34.3. The minimum atomic E-state index is -0.299. The Morgan fingerprint density at radius 3 is 2.48 bits per heavy atom. The Balaban J connectivity index is 1.60. The summed E-state index contributed by atoms with van der Waals surface area (Å²) in [6, 6.07) is 0.0205. The molecule has 5 heteroatoms. The molecule has 2 heterocycles. The summed E-state index contributed by atoms with van der Waals surface area (Å²) in [6.45, 7) is 7.61. The highest BCUT2D eigenvalue weighted by Gasteiger charge is 2.33. The summed E-state index contributed by atoms with van der Waals surface area (Å²) in [5.41, 5.74) is 0.400. The molecule has 2 N–H and O–H groups in total. The molecule has 1 aliphatic carbocycles. The van der Waals surface area contributed by atoms with E-state index in [1.807, 2.05) is 0 Å². The van der Waals surface area contributed by atoms with Crippen molar-refractivity contribution in [1.82, 2.24) is 15.5 Å². The molecule has 21 heavy (non-hydrogen) atoms. The summed E-state index contributed by atoms with van der Waals surface area (Å²) in [5, 5.41) is 17.0. The van der Waals surface area contributed by atoms with Crippen LogP contribution in [-0.4, -0.2) is 27.9 Å². The number of β-amino-alcohol motifs (C(OH)–C–C–N with tert-alkyl or cyclic N) is 1. The molecule has 5 nitrogen and oxygen atoms in total. The van der Waals surface area contributed by atoms with Crippen molar-refractivity contribution in [1.29, 1.82) is 0 Å². The number of hydrogen-bond acceptors (Lipinski definition) is 5. The van der Waals surface area contributed by atoms with Crippen molar-refractivity contribution in [3.05, 3.63) is 11.7 Å². The second-order valence-corrected chi connectivity index (χ2v) is 7.76. The lowest BCUT2D eigenvalue weighted by molar-refractivity contribution is 0.166. The van der Waals surface area contributed by atoms with E-state index in [1.54, 1.807) is 0 Å². The van der Waals surface area contributed by atoms with Gasteiger partial charge in [-0.3, -0.25) is 0 Å². The summed E-state index contributed by atoms with van der Waals surface area (Å²) in [5.74, 6) is 2.74. The van der Waals surface area contributed by atoms with Crippen LogP contribution >= 0.6 is 0 Å². The van der Waals surface area contributed by atoms with Crippen LogP contribution in [0.2, 0.25) is 0 Å². The lowest BCUT2D eigenvalue weighted by atomic mass is 9.70. The van der Waals surface area contributed by atoms with E-state index in [9.17, 15) is 5.11 Å². The minimum absolute atomic E-state index is 0.0205. The van der Waals surface area contributed by atoms with Gasteiger partial charge in [-0.25, -0.2) is 0 Å². The van der Waals surface area contributed by atoms with Gasteiger partial charge < -0.3 is 14.9 Å². The fourth-order valence-electron chi connectivity index (χ4n) is 3.68. The van der Waals surface area contributed by atoms with Crippen molar-refractivity contribution < 1.29 is 9.63 Å². The predicted octanol–water partition coefficient (Wildman–Crippen LogP) is 2.78. The molecule has 2 fully saturated rings.